The van der Waals surface area contributed by atoms with Gasteiger partial charge in [0.2, 0.25) is 0 Å². The standard InChI is InChI=1S/C12H15N3O3S/c1-9(2)18-11-6-4-3-5-10(11)15-19(16,17)12-7-13-8-14-12/h3-9,15H,1-2H3,(H,13,14). The van der Waals surface area contributed by atoms with Gasteiger partial charge in [0.25, 0.3) is 10.0 Å². The molecule has 0 saturated heterocycles. The number of aromatic amines is 1. The third kappa shape index (κ3) is 3.25. The molecule has 0 atom stereocenters. The molecular formula is C12H15N3O3S. The van der Waals surface area contributed by atoms with Crippen LogP contribution in [-0.2, 0) is 10.0 Å². The molecule has 0 aliphatic carbocycles. The fourth-order valence-corrected chi connectivity index (χ4v) is 2.47. The van der Waals surface area contributed by atoms with Gasteiger partial charge in [0.1, 0.15) is 5.75 Å². The first-order valence-corrected chi connectivity index (χ1v) is 7.24. The van der Waals surface area contributed by atoms with Crippen LogP contribution in [0.4, 0.5) is 5.69 Å². The summed E-state index contributed by atoms with van der Waals surface area (Å²) >= 11 is 0. The van der Waals surface area contributed by atoms with Gasteiger partial charge in [0.15, 0.2) is 5.03 Å². The largest absolute Gasteiger partial charge is 0.489 e. The van der Waals surface area contributed by atoms with E-state index in [9.17, 15) is 8.42 Å². The number of rotatable bonds is 5. The predicted molar refractivity (Wildman–Crippen MR) is 71.6 cm³/mol. The fraction of sp³-hybridized carbons (Fsp3) is 0.250. The van der Waals surface area contributed by atoms with E-state index < -0.39 is 10.0 Å². The summed E-state index contributed by atoms with van der Waals surface area (Å²) in [5.74, 6) is 0.487. The zero-order valence-corrected chi connectivity index (χ0v) is 11.4. The number of imidazole rings is 1. The van der Waals surface area contributed by atoms with Gasteiger partial charge in [-0.25, -0.2) is 4.98 Å². The van der Waals surface area contributed by atoms with Gasteiger partial charge in [-0.05, 0) is 26.0 Å². The number of para-hydroxylation sites is 2. The topological polar surface area (TPSA) is 84.1 Å². The predicted octanol–water partition coefficient (Wildman–Crippen LogP) is 2.00. The van der Waals surface area contributed by atoms with E-state index >= 15 is 0 Å². The number of sulfonamides is 1. The smallest absolute Gasteiger partial charge is 0.279 e. The van der Waals surface area contributed by atoms with Crippen LogP contribution in [-0.4, -0.2) is 24.5 Å². The van der Waals surface area contributed by atoms with Crippen molar-refractivity contribution in [3.05, 3.63) is 36.8 Å². The molecular weight excluding hydrogens is 266 g/mol. The number of hydrogen-bond donors (Lipinski definition) is 2. The second-order valence-corrected chi connectivity index (χ2v) is 5.83. The van der Waals surface area contributed by atoms with Crippen LogP contribution >= 0.6 is 0 Å². The van der Waals surface area contributed by atoms with E-state index in [0.717, 1.165) is 0 Å². The molecule has 0 aliphatic rings. The fourth-order valence-electron chi connectivity index (χ4n) is 1.50. The van der Waals surface area contributed by atoms with Crippen molar-refractivity contribution in [1.82, 2.24) is 9.97 Å². The maximum Gasteiger partial charge on any atom is 0.279 e. The Kier molecular flexibility index (Phi) is 3.75. The Labute approximate surface area is 111 Å². The van der Waals surface area contributed by atoms with Crippen molar-refractivity contribution in [3.8, 4) is 5.75 Å². The average molecular weight is 281 g/mol. The van der Waals surface area contributed by atoms with Crippen molar-refractivity contribution in [2.75, 3.05) is 4.72 Å². The normalized spacial score (nSPS) is 11.5. The van der Waals surface area contributed by atoms with Gasteiger partial charge >= 0.3 is 0 Å². The van der Waals surface area contributed by atoms with Crippen LogP contribution in [0.25, 0.3) is 0 Å². The second-order valence-electron chi connectivity index (χ2n) is 4.18. The van der Waals surface area contributed by atoms with E-state index in [1.165, 1.54) is 12.5 Å². The van der Waals surface area contributed by atoms with Gasteiger partial charge in [-0.1, -0.05) is 12.1 Å². The number of nitrogens with zero attached hydrogens (tertiary/aromatic N) is 1. The highest BCUT2D eigenvalue weighted by atomic mass is 32.2. The van der Waals surface area contributed by atoms with Crippen molar-refractivity contribution in [2.24, 2.45) is 0 Å². The van der Waals surface area contributed by atoms with Crippen molar-refractivity contribution < 1.29 is 13.2 Å². The highest BCUT2D eigenvalue weighted by Crippen LogP contribution is 2.26. The minimum absolute atomic E-state index is 0.00634. The minimum atomic E-state index is -3.68. The monoisotopic (exact) mass is 281 g/mol. The Morgan fingerprint density at radius 2 is 2.05 bits per heavy atom. The quantitative estimate of drug-likeness (QED) is 0.878. The summed E-state index contributed by atoms with van der Waals surface area (Å²) in [6.07, 6.45) is 2.51. The molecule has 1 heterocycles. The Morgan fingerprint density at radius 3 is 2.68 bits per heavy atom. The number of benzene rings is 1. The number of nitrogens with one attached hydrogen (secondary N) is 2. The zero-order chi connectivity index (χ0) is 13.9. The van der Waals surface area contributed by atoms with Gasteiger partial charge in [-0.15, -0.1) is 0 Å². The number of anilines is 1. The van der Waals surface area contributed by atoms with Crippen molar-refractivity contribution in [1.29, 1.82) is 0 Å². The van der Waals surface area contributed by atoms with E-state index in [1.54, 1.807) is 24.3 Å². The highest BCUT2D eigenvalue weighted by Gasteiger charge is 2.17. The molecule has 19 heavy (non-hydrogen) atoms. The number of ether oxygens (including phenoxy) is 1. The molecule has 6 nitrogen and oxygen atoms in total. The summed E-state index contributed by atoms with van der Waals surface area (Å²) in [4.78, 5) is 6.25. The number of hydrogen-bond acceptors (Lipinski definition) is 4. The molecule has 1 aromatic heterocycles. The lowest BCUT2D eigenvalue weighted by Crippen LogP contribution is -2.15. The Balaban J connectivity index is 2.29. The zero-order valence-electron chi connectivity index (χ0n) is 10.6. The molecule has 0 saturated carbocycles. The summed E-state index contributed by atoms with van der Waals surface area (Å²) in [6.45, 7) is 3.75. The average Bonchev–Trinajstić information content (AvgIpc) is 2.85. The molecule has 0 amide bonds. The van der Waals surface area contributed by atoms with Gasteiger partial charge < -0.3 is 9.72 Å². The molecule has 0 unspecified atom stereocenters. The second kappa shape index (κ2) is 5.31. The van der Waals surface area contributed by atoms with E-state index in [1.807, 2.05) is 13.8 Å². The molecule has 0 aliphatic heterocycles. The van der Waals surface area contributed by atoms with E-state index in [2.05, 4.69) is 14.7 Å². The van der Waals surface area contributed by atoms with Crippen molar-refractivity contribution in [3.63, 3.8) is 0 Å². The van der Waals surface area contributed by atoms with Gasteiger partial charge in [0.05, 0.1) is 24.3 Å². The summed E-state index contributed by atoms with van der Waals surface area (Å²) in [6, 6.07) is 6.88. The maximum atomic E-state index is 12.1. The van der Waals surface area contributed by atoms with Crippen LogP contribution in [0.1, 0.15) is 13.8 Å². The molecule has 0 spiro atoms. The molecule has 0 radical (unpaired) electrons. The van der Waals surface area contributed by atoms with Gasteiger partial charge in [-0.3, -0.25) is 4.72 Å². The third-order valence-corrected chi connectivity index (χ3v) is 3.55. The lowest BCUT2D eigenvalue weighted by molar-refractivity contribution is 0.244. The molecule has 102 valence electrons. The molecule has 0 fully saturated rings. The molecule has 0 bridgehead atoms. The molecule has 7 heteroatoms. The van der Waals surface area contributed by atoms with Crippen LogP contribution in [0.15, 0.2) is 41.8 Å². The van der Waals surface area contributed by atoms with Crippen LogP contribution in [0.5, 0.6) is 5.75 Å². The first-order chi connectivity index (χ1) is 8.99. The molecule has 2 aromatic rings. The van der Waals surface area contributed by atoms with E-state index in [0.29, 0.717) is 11.4 Å². The van der Waals surface area contributed by atoms with Crippen LogP contribution in [0, 0.1) is 0 Å². The highest BCUT2D eigenvalue weighted by molar-refractivity contribution is 7.92. The van der Waals surface area contributed by atoms with Gasteiger partial charge in [0, 0.05) is 0 Å². The Bertz CT molecular complexity index is 636. The third-order valence-electron chi connectivity index (χ3n) is 2.26. The van der Waals surface area contributed by atoms with Crippen LogP contribution in [0.3, 0.4) is 0 Å². The molecule has 2 N–H and O–H groups in total. The maximum absolute atomic E-state index is 12.1. The van der Waals surface area contributed by atoms with Crippen LogP contribution in [0.2, 0.25) is 0 Å². The Hall–Kier alpha value is -2.02. The van der Waals surface area contributed by atoms with Gasteiger partial charge in [-0.2, -0.15) is 8.42 Å². The lowest BCUT2D eigenvalue weighted by Gasteiger charge is -2.15. The number of H-pyrrole nitrogens is 1. The van der Waals surface area contributed by atoms with E-state index in [4.69, 9.17) is 4.74 Å². The summed E-state index contributed by atoms with van der Waals surface area (Å²) in [5.41, 5.74) is 0.394. The summed E-state index contributed by atoms with van der Waals surface area (Å²) < 4.78 is 32.2. The van der Waals surface area contributed by atoms with Crippen molar-refractivity contribution in [2.45, 2.75) is 25.0 Å². The first kappa shape index (κ1) is 13.4. The summed E-state index contributed by atoms with van der Waals surface area (Å²) in [5, 5.41) is 0.00634. The van der Waals surface area contributed by atoms with Crippen LogP contribution < -0.4 is 9.46 Å². The summed E-state index contributed by atoms with van der Waals surface area (Å²) in [7, 11) is -3.68. The minimum Gasteiger partial charge on any atom is -0.489 e. The SMILES string of the molecule is CC(C)Oc1ccccc1NS(=O)(=O)c1cnc[nH]1. The van der Waals surface area contributed by atoms with E-state index in [-0.39, 0.29) is 11.1 Å². The number of aromatic nitrogens is 2. The lowest BCUT2D eigenvalue weighted by atomic mass is 10.3. The van der Waals surface area contributed by atoms with Crippen molar-refractivity contribution >= 4 is 15.7 Å². The molecule has 1 aromatic carbocycles. The Morgan fingerprint density at radius 1 is 1.32 bits per heavy atom. The first-order valence-electron chi connectivity index (χ1n) is 5.76. The molecule has 2 rings (SSSR count).